The van der Waals surface area contributed by atoms with Crippen LogP contribution in [-0.4, -0.2) is 9.97 Å². The second kappa shape index (κ2) is 5.55. The average Bonchev–Trinajstić information content (AvgIpc) is 2.30. The lowest BCUT2D eigenvalue weighted by atomic mass is 9.91. The summed E-state index contributed by atoms with van der Waals surface area (Å²) in [4.78, 5) is 9.35. The monoisotopic (exact) mass is 395 g/mol. The molecule has 112 valence electrons. The predicted molar refractivity (Wildman–Crippen MR) is 97.5 cm³/mol. The summed E-state index contributed by atoms with van der Waals surface area (Å²) in [6.07, 6.45) is 0. The Hall–Kier alpha value is -1.17. The van der Waals surface area contributed by atoms with E-state index in [-0.39, 0.29) is 5.41 Å². The van der Waals surface area contributed by atoms with Gasteiger partial charge in [0, 0.05) is 11.0 Å². The molecule has 2 N–H and O–H groups in total. The first-order chi connectivity index (χ1) is 9.61. The Bertz CT molecular complexity index is 677. The van der Waals surface area contributed by atoms with Crippen LogP contribution in [0.2, 0.25) is 0 Å². The van der Waals surface area contributed by atoms with E-state index < -0.39 is 0 Å². The van der Waals surface area contributed by atoms with E-state index in [4.69, 9.17) is 10.7 Å². The maximum atomic E-state index is 6.13. The highest BCUT2D eigenvalue weighted by Gasteiger charge is 2.23. The molecule has 0 unspecified atom stereocenters. The number of anilines is 1. The Kier molecular flexibility index (Phi) is 4.29. The number of benzene rings is 1. The molecule has 0 aliphatic carbocycles. The Labute approximate surface area is 140 Å². The van der Waals surface area contributed by atoms with Crippen LogP contribution >= 0.6 is 22.6 Å². The van der Waals surface area contributed by atoms with E-state index in [2.05, 4.69) is 81.3 Å². The summed E-state index contributed by atoms with van der Waals surface area (Å²) in [6, 6.07) is 4.33. The SMILES string of the molecule is Cc1cc(C)c(-c2nc(N)c(I)c(C(C)(C)C)n2)c(C)c1. The summed E-state index contributed by atoms with van der Waals surface area (Å²) in [5.41, 5.74) is 11.8. The molecule has 2 rings (SSSR count). The molecule has 0 bridgehead atoms. The number of halogens is 1. The zero-order valence-corrected chi connectivity index (χ0v) is 15.7. The van der Waals surface area contributed by atoms with Crippen LogP contribution in [0.1, 0.15) is 43.2 Å². The number of rotatable bonds is 1. The fourth-order valence-corrected chi connectivity index (χ4v) is 3.66. The van der Waals surface area contributed by atoms with E-state index in [9.17, 15) is 0 Å². The second-order valence-electron chi connectivity index (χ2n) is 6.62. The van der Waals surface area contributed by atoms with Crippen LogP contribution in [-0.2, 0) is 5.41 Å². The molecule has 0 atom stereocenters. The van der Waals surface area contributed by atoms with E-state index in [1.807, 2.05) is 0 Å². The fraction of sp³-hybridized carbons (Fsp3) is 0.412. The first kappa shape index (κ1) is 16.2. The van der Waals surface area contributed by atoms with Gasteiger partial charge in [0.2, 0.25) is 0 Å². The molecule has 0 aliphatic heterocycles. The van der Waals surface area contributed by atoms with E-state index in [1.54, 1.807) is 0 Å². The maximum Gasteiger partial charge on any atom is 0.162 e. The summed E-state index contributed by atoms with van der Waals surface area (Å²) in [5, 5.41) is 0. The first-order valence-electron chi connectivity index (χ1n) is 7.03. The van der Waals surface area contributed by atoms with Gasteiger partial charge in [-0.25, -0.2) is 9.97 Å². The van der Waals surface area contributed by atoms with Crippen LogP contribution in [0.4, 0.5) is 5.82 Å². The molecule has 0 saturated heterocycles. The van der Waals surface area contributed by atoms with Crippen molar-refractivity contribution < 1.29 is 0 Å². The molecule has 2 aromatic rings. The smallest absolute Gasteiger partial charge is 0.162 e. The highest BCUT2D eigenvalue weighted by Crippen LogP contribution is 2.32. The molecule has 0 fully saturated rings. The molecular weight excluding hydrogens is 373 g/mol. The van der Waals surface area contributed by atoms with Gasteiger partial charge in [0.25, 0.3) is 0 Å². The summed E-state index contributed by atoms with van der Waals surface area (Å²) in [7, 11) is 0. The minimum atomic E-state index is -0.0607. The van der Waals surface area contributed by atoms with Gasteiger partial charge in [0.05, 0.1) is 9.26 Å². The minimum absolute atomic E-state index is 0.0607. The van der Waals surface area contributed by atoms with Crippen molar-refractivity contribution in [2.24, 2.45) is 0 Å². The average molecular weight is 395 g/mol. The quantitative estimate of drug-likeness (QED) is 0.721. The number of hydrogen-bond donors (Lipinski definition) is 1. The van der Waals surface area contributed by atoms with Crippen molar-refractivity contribution in [1.82, 2.24) is 9.97 Å². The van der Waals surface area contributed by atoms with Gasteiger partial charge < -0.3 is 5.73 Å². The molecule has 3 nitrogen and oxygen atoms in total. The Balaban J connectivity index is 2.75. The molecule has 1 heterocycles. The van der Waals surface area contributed by atoms with Crippen molar-refractivity contribution in [2.75, 3.05) is 5.73 Å². The number of nitrogen functional groups attached to an aromatic ring is 1. The molecule has 0 saturated carbocycles. The standard InChI is InChI=1S/C17H22IN3/c1-9-7-10(2)12(11(3)8-9)16-20-14(17(4,5)6)13(18)15(19)21-16/h7-8H,1-6H3,(H2,19,20,21). The molecule has 0 spiro atoms. The fourth-order valence-electron chi connectivity index (χ4n) is 2.61. The number of aryl methyl sites for hydroxylation is 3. The van der Waals surface area contributed by atoms with Gasteiger partial charge >= 0.3 is 0 Å². The molecule has 4 heteroatoms. The minimum Gasteiger partial charge on any atom is -0.383 e. The van der Waals surface area contributed by atoms with Crippen molar-refractivity contribution in [1.29, 1.82) is 0 Å². The number of hydrogen-bond acceptors (Lipinski definition) is 3. The van der Waals surface area contributed by atoms with Crippen LogP contribution < -0.4 is 5.73 Å². The lowest BCUT2D eigenvalue weighted by Crippen LogP contribution is -2.18. The maximum absolute atomic E-state index is 6.13. The zero-order chi connectivity index (χ0) is 15.9. The first-order valence-corrected chi connectivity index (χ1v) is 8.11. The number of aromatic nitrogens is 2. The molecule has 21 heavy (non-hydrogen) atoms. The molecule has 0 aliphatic rings. The van der Waals surface area contributed by atoms with E-state index in [0.29, 0.717) is 5.82 Å². The van der Waals surface area contributed by atoms with Crippen LogP contribution in [0, 0.1) is 24.3 Å². The summed E-state index contributed by atoms with van der Waals surface area (Å²) >= 11 is 2.24. The molecule has 1 aromatic heterocycles. The third kappa shape index (κ3) is 3.20. The zero-order valence-electron chi connectivity index (χ0n) is 13.5. The van der Waals surface area contributed by atoms with Gasteiger partial charge in [0.1, 0.15) is 5.82 Å². The largest absolute Gasteiger partial charge is 0.383 e. The number of nitrogens with two attached hydrogens (primary N) is 1. The van der Waals surface area contributed by atoms with Crippen molar-refractivity contribution in [3.05, 3.63) is 38.1 Å². The van der Waals surface area contributed by atoms with Gasteiger partial charge in [-0.2, -0.15) is 0 Å². The highest BCUT2D eigenvalue weighted by molar-refractivity contribution is 14.1. The van der Waals surface area contributed by atoms with Crippen LogP contribution in [0.25, 0.3) is 11.4 Å². The van der Waals surface area contributed by atoms with Crippen molar-refractivity contribution >= 4 is 28.4 Å². The van der Waals surface area contributed by atoms with E-state index in [1.165, 1.54) is 16.7 Å². The van der Waals surface area contributed by atoms with Gasteiger partial charge in [0.15, 0.2) is 5.82 Å². The van der Waals surface area contributed by atoms with Crippen LogP contribution in [0.5, 0.6) is 0 Å². The normalized spacial score (nSPS) is 11.8. The van der Waals surface area contributed by atoms with Gasteiger partial charge in [-0.1, -0.05) is 38.5 Å². The third-order valence-electron chi connectivity index (χ3n) is 3.49. The van der Waals surface area contributed by atoms with Crippen molar-refractivity contribution in [3.8, 4) is 11.4 Å². The van der Waals surface area contributed by atoms with Gasteiger partial charge in [-0.15, -0.1) is 0 Å². The summed E-state index contributed by atoms with van der Waals surface area (Å²) in [5.74, 6) is 1.29. The highest BCUT2D eigenvalue weighted by atomic mass is 127. The lowest BCUT2D eigenvalue weighted by Gasteiger charge is -2.21. The van der Waals surface area contributed by atoms with Gasteiger partial charge in [-0.3, -0.25) is 0 Å². The van der Waals surface area contributed by atoms with Crippen LogP contribution in [0.15, 0.2) is 12.1 Å². The Morgan fingerprint density at radius 2 is 1.52 bits per heavy atom. The van der Waals surface area contributed by atoms with Crippen molar-refractivity contribution in [3.63, 3.8) is 0 Å². The molecular formula is C17H22IN3. The summed E-state index contributed by atoms with van der Waals surface area (Å²) in [6.45, 7) is 12.8. The number of nitrogens with zero attached hydrogens (tertiary/aromatic N) is 2. The lowest BCUT2D eigenvalue weighted by molar-refractivity contribution is 0.564. The van der Waals surface area contributed by atoms with Crippen molar-refractivity contribution in [2.45, 2.75) is 47.0 Å². The topological polar surface area (TPSA) is 51.8 Å². The molecule has 0 amide bonds. The third-order valence-corrected chi connectivity index (χ3v) is 4.55. The Morgan fingerprint density at radius 3 is 2.00 bits per heavy atom. The molecule has 0 radical (unpaired) electrons. The Morgan fingerprint density at radius 1 is 1.00 bits per heavy atom. The van der Waals surface area contributed by atoms with E-state index >= 15 is 0 Å². The predicted octanol–water partition coefficient (Wildman–Crippen LogP) is 4.55. The molecule has 1 aromatic carbocycles. The van der Waals surface area contributed by atoms with Gasteiger partial charge in [-0.05, 0) is 54.5 Å². The van der Waals surface area contributed by atoms with Crippen LogP contribution in [0.3, 0.4) is 0 Å². The second-order valence-corrected chi connectivity index (χ2v) is 7.70. The summed E-state index contributed by atoms with van der Waals surface area (Å²) < 4.78 is 0.950. The van der Waals surface area contributed by atoms with E-state index in [0.717, 1.165) is 20.7 Å².